The summed E-state index contributed by atoms with van der Waals surface area (Å²) in [4.78, 5) is 3.37. The Labute approximate surface area is 88.9 Å². The lowest BCUT2D eigenvalue weighted by Gasteiger charge is -2.02. The summed E-state index contributed by atoms with van der Waals surface area (Å²) in [5.74, 6) is 0.862. The largest absolute Gasteiger partial charge is 0.497 e. The number of ether oxygens (including phenoxy) is 1. The molecule has 0 unspecified atom stereocenters. The van der Waals surface area contributed by atoms with Crippen LogP contribution in [0.2, 0.25) is 0 Å². The van der Waals surface area contributed by atoms with E-state index >= 15 is 0 Å². The zero-order valence-corrected chi connectivity index (χ0v) is 8.53. The average molecular weight is 197 g/mol. The number of fused-ring (bicyclic) bond motifs is 1. The van der Waals surface area contributed by atoms with E-state index in [-0.39, 0.29) is 0 Å². The molecule has 0 amide bonds. The number of nitrogens with zero attached hydrogens (tertiary/aromatic N) is 1. The maximum Gasteiger partial charge on any atom is 0.239 e. The topological polar surface area (TPSA) is 13.6 Å². The van der Waals surface area contributed by atoms with Crippen LogP contribution >= 0.6 is 0 Å². The molecular formula is C13H11NO. The van der Waals surface area contributed by atoms with Crippen LogP contribution in [0.5, 0.6) is 5.75 Å². The molecule has 0 aromatic heterocycles. The molecule has 0 aliphatic rings. The molecule has 0 spiro atoms. The van der Waals surface area contributed by atoms with Gasteiger partial charge in [-0.15, -0.1) is 0 Å². The number of hydrogen-bond acceptors (Lipinski definition) is 1. The minimum atomic E-state index is 0.446. The second kappa shape index (κ2) is 4.02. The van der Waals surface area contributed by atoms with Crippen LogP contribution in [0, 0.1) is 6.57 Å². The van der Waals surface area contributed by atoms with Gasteiger partial charge in [-0.2, -0.15) is 0 Å². The van der Waals surface area contributed by atoms with E-state index in [1.807, 2.05) is 36.4 Å². The standard InChI is InChI=1S/C13H11NO/c1-14-9-10-3-4-12-8-13(15-2)6-5-11(12)7-10/h3-8H,9H2,2H3. The highest BCUT2D eigenvalue weighted by molar-refractivity contribution is 5.84. The van der Waals surface area contributed by atoms with Crippen molar-refractivity contribution in [1.29, 1.82) is 0 Å². The SMILES string of the molecule is [C-]#[N+]Cc1ccc2cc(OC)ccc2c1. The van der Waals surface area contributed by atoms with Crippen molar-refractivity contribution >= 4 is 10.8 Å². The first-order valence-corrected chi connectivity index (χ1v) is 4.73. The first kappa shape index (κ1) is 9.54. The Morgan fingerprint density at radius 3 is 2.60 bits per heavy atom. The molecule has 0 heterocycles. The zero-order chi connectivity index (χ0) is 10.7. The first-order chi connectivity index (χ1) is 7.33. The van der Waals surface area contributed by atoms with Gasteiger partial charge in [0.1, 0.15) is 5.75 Å². The molecule has 2 nitrogen and oxygen atoms in total. The van der Waals surface area contributed by atoms with Crippen molar-refractivity contribution in [3.05, 3.63) is 53.4 Å². The maximum atomic E-state index is 6.82. The molecular weight excluding hydrogens is 186 g/mol. The smallest absolute Gasteiger partial charge is 0.239 e. The van der Waals surface area contributed by atoms with E-state index in [0.717, 1.165) is 22.1 Å². The van der Waals surface area contributed by atoms with E-state index in [1.54, 1.807) is 7.11 Å². The van der Waals surface area contributed by atoms with Crippen molar-refractivity contribution < 1.29 is 4.74 Å². The Morgan fingerprint density at radius 1 is 1.13 bits per heavy atom. The molecule has 2 heteroatoms. The summed E-state index contributed by atoms with van der Waals surface area (Å²) in [6.07, 6.45) is 0. The van der Waals surface area contributed by atoms with Crippen LogP contribution in [0.25, 0.3) is 15.6 Å². The Hall–Kier alpha value is -2.01. The summed E-state index contributed by atoms with van der Waals surface area (Å²) in [6, 6.07) is 12.0. The van der Waals surface area contributed by atoms with Crippen LogP contribution in [-0.4, -0.2) is 7.11 Å². The molecule has 0 radical (unpaired) electrons. The fraction of sp³-hybridized carbons (Fsp3) is 0.154. The van der Waals surface area contributed by atoms with Crippen molar-refractivity contribution in [3.63, 3.8) is 0 Å². The minimum absolute atomic E-state index is 0.446. The van der Waals surface area contributed by atoms with Gasteiger partial charge in [0.25, 0.3) is 0 Å². The van der Waals surface area contributed by atoms with Gasteiger partial charge in [0.2, 0.25) is 6.54 Å². The second-order valence-corrected chi connectivity index (χ2v) is 3.36. The summed E-state index contributed by atoms with van der Waals surface area (Å²) in [7, 11) is 1.66. The van der Waals surface area contributed by atoms with Crippen LogP contribution in [0.15, 0.2) is 36.4 Å². The number of rotatable bonds is 2. The predicted molar refractivity (Wildman–Crippen MR) is 60.8 cm³/mol. The van der Waals surface area contributed by atoms with E-state index in [9.17, 15) is 0 Å². The molecule has 0 saturated carbocycles. The van der Waals surface area contributed by atoms with Crippen LogP contribution in [0.4, 0.5) is 0 Å². The van der Waals surface area contributed by atoms with Gasteiger partial charge in [0, 0.05) is 5.56 Å². The Kier molecular flexibility index (Phi) is 2.55. The van der Waals surface area contributed by atoms with Crippen molar-refractivity contribution in [2.45, 2.75) is 6.54 Å². The highest BCUT2D eigenvalue weighted by Crippen LogP contribution is 2.22. The van der Waals surface area contributed by atoms with Crippen LogP contribution in [0.3, 0.4) is 0 Å². The Bertz CT molecular complexity index is 526. The molecule has 0 fully saturated rings. The second-order valence-electron chi connectivity index (χ2n) is 3.36. The van der Waals surface area contributed by atoms with Gasteiger partial charge in [0.05, 0.1) is 7.11 Å². The lowest BCUT2D eigenvalue weighted by molar-refractivity contribution is 0.415. The van der Waals surface area contributed by atoms with Crippen molar-refractivity contribution in [2.24, 2.45) is 0 Å². The predicted octanol–water partition coefficient (Wildman–Crippen LogP) is 3.27. The first-order valence-electron chi connectivity index (χ1n) is 4.73. The van der Waals surface area contributed by atoms with Crippen LogP contribution in [0.1, 0.15) is 5.56 Å². The normalized spacial score (nSPS) is 9.87. The van der Waals surface area contributed by atoms with E-state index < -0.39 is 0 Å². The molecule has 0 N–H and O–H groups in total. The van der Waals surface area contributed by atoms with Gasteiger partial charge < -0.3 is 9.58 Å². The van der Waals surface area contributed by atoms with Gasteiger partial charge in [-0.25, -0.2) is 6.57 Å². The third-order valence-corrected chi connectivity index (χ3v) is 2.37. The van der Waals surface area contributed by atoms with Crippen molar-refractivity contribution in [2.75, 3.05) is 7.11 Å². The van der Waals surface area contributed by atoms with Crippen LogP contribution in [-0.2, 0) is 6.54 Å². The highest BCUT2D eigenvalue weighted by Gasteiger charge is 1.99. The third-order valence-electron chi connectivity index (χ3n) is 2.37. The summed E-state index contributed by atoms with van der Waals surface area (Å²) >= 11 is 0. The fourth-order valence-electron chi connectivity index (χ4n) is 1.59. The van der Waals surface area contributed by atoms with Crippen LogP contribution < -0.4 is 4.74 Å². The van der Waals surface area contributed by atoms with Gasteiger partial charge in [-0.1, -0.05) is 18.2 Å². The van der Waals surface area contributed by atoms with Crippen molar-refractivity contribution in [3.8, 4) is 5.75 Å². The van der Waals surface area contributed by atoms with Gasteiger partial charge in [0.15, 0.2) is 0 Å². The number of methoxy groups -OCH3 is 1. The number of benzene rings is 2. The average Bonchev–Trinajstić information content (AvgIpc) is 2.29. The van der Waals surface area contributed by atoms with E-state index in [2.05, 4.69) is 4.85 Å². The summed E-state index contributed by atoms with van der Waals surface area (Å²) < 4.78 is 5.15. The van der Waals surface area contributed by atoms with Gasteiger partial charge >= 0.3 is 0 Å². The molecule has 0 atom stereocenters. The monoisotopic (exact) mass is 197 g/mol. The summed E-state index contributed by atoms with van der Waals surface area (Å²) in [5, 5.41) is 2.29. The molecule has 0 aliphatic carbocycles. The zero-order valence-electron chi connectivity index (χ0n) is 8.53. The highest BCUT2D eigenvalue weighted by atomic mass is 16.5. The molecule has 0 saturated heterocycles. The molecule has 2 aromatic rings. The molecule has 0 bridgehead atoms. The van der Waals surface area contributed by atoms with Gasteiger partial charge in [-0.3, -0.25) is 0 Å². The Balaban J connectivity index is 2.51. The molecule has 74 valence electrons. The minimum Gasteiger partial charge on any atom is -0.497 e. The van der Waals surface area contributed by atoms with Gasteiger partial charge in [-0.05, 0) is 29.0 Å². The van der Waals surface area contributed by atoms with E-state index in [4.69, 9.17) is 11.3 Å². The van der Waals surface area contributed by atoms with E-state index in [1.165, 1.54) is 0 Å². The Morgan fingerprint density at radius 2 is 1.87 bits per heavy atom. The lowest BCUT2D eigenvalue weighted by Crippen LogP contribution is -1.84. The molecule has 0 aliphatic heterocycles. The third kappa shape index (κ3) is 1.92. The molecule has 15 heavy (non-hydrogen) atoms. The summed E-state index contributed by atoms with van der Waals surface area (Å²) in [5.41, 5.74) is 1.06. The lowest BCUT2D eigenvalue weighted by atomic mass is 10.1. The fourth-order valence-corrected chi connectivity index (χ4v) is 1.59. The van der Waals surface area contributed by atoms with E-state index in [0.29, 0.717) is 6.54 Å². The quantitative estimate of drug-likeness (QED) is 0.674. The summed E-state index contributed by atoms with van der Waals surface area (Å²) in [6.45, 7) is 7.26. The molecule has 2 aromatic carbocycles. The van der Waals surface area contributed by atoms with Crippen molar-refractivity contribution in [1.82, 2.24) is 0 Å². The maximum absolute atomic E-state index is 6.82. The number of hydrogen-bond donors (Lipinski definition) is 0. The molecule has 2 rings (SSSR count).